The Morgan fingerprint density at radius 3 is 2.56 bits per heavy atom. The van der Waals surface area contributed by atoms with Gasteiger partial charge in [0.2, 0.25) is 0 Å². The maximum Gasteiger partial charge on any atom is 0.191 e. The Balaban J connectivity index is 1.50. The summed E-state index contributed by atoms with van der Waals surface area (Å²) in [6.45, 7) is 6.40. The van der Waals surface area contributed by atoms with Crippen LogP contribution in [0.5, 0.6) is 0 Å². The SMILES string of the molecule is Cc1cnccc1CCN=C(N)N1CCN(c2ccc(Cl)cc2)CC1. The van der Waals surface area contributed by atoms with Gasteiger partial charge in [0, 0.05) is 55.8 Å². The molecule has 3 rings (SSSR count). The third kappa shape index (κ3) is 4.63. The molecule has 2 N–H and O–H groups in total. The fourth-order valence-corrected chi connectivity index (χ4v) is 3.15. The number of benzene rings is 1. The molecule has 0 amide bonds. The predicted octanol–water partition coefficient (Wildman–Crippen LogP) is 2.72. The van der Waals surface area contributed by atoms with Crippen LogP contribution in [0.4, 0.5) is 5.69 Å². The van der Waals surface area contributed by atoms with E-state index < -0.39 is 0 Å². The molecule has 1 aliphatic rings. The molecule has 0 bridgehead atoms. The molecule has 5 nitrogen and oxygen atoms in total. The van der Waals surface area contributed by atoms with E-state index in [1.54, 1.807) is 0 Å². The van der Waals surface area contributed by atoms with E-state index in [1.807, 2.05) is 30.6 Å². The fourth-order valence-electron chi connectivity index (χ4n) is 3.02. The molecule has 1 fully saturated rings. The Morgan fingerprint density at radius 2 is 1.88 bits per heavy atom. The van der Waals surface area contributed by atoms with E-state index in [9.17, 15) is 0 Å². The first kappa shape index (κ1) is 17.5. The van der Waals surface area contributed by atoms with Crippen molar-refractivity contribution in [2.75, 3.05) is 37.6 Å². The lowest BCUT2D eigenvalue weighted by molar-refractivity contribution is 0.381. The van der Waals surface area contributed by atoms with Gasteiger partial charge in [-0.1, -0.05) is 11.6 Å². The average molecular weight is 358 g/mol. The summed E-state index contributed by atoms with van der Waals surface area (Å²) in [5, 5.41) is 0.767. The molecule has 1 saturated heterocycles. The quantitative estimate of drug-likeness (QED) is 0.675. The van der Waals surface area contributed by atoms with Crippen LogP contribution in [0.25, 0.3) is 0 Å². The minimum Gasteiger partial charge on any atom is -0.370 e. The largest absolute Gasteiger partial charge is 0.370 e. The minimum atomic E-state index is 0.641. The van der Waals surface area contributed by atoms with Crippen molar-refractivity contribution in [3.63, 3.8) is 0 Å². The maximum atomic E-state index is 6.18. The number of aryl methyl sites for hydroxylation is 1. The highest BCUT2D eigenvalue weighted by molar-refractivity contribution is 6.30. The summed E-state index contributed by atoms with van der Waals surface area (Å²) in [6, 6.07) is 10.0. The zero-order valence-electron chi connectivity index (χ0n) is 14.5. The number of halogens is 1. The van der Waals surface area contributed by atoms with E-state index in [1.165, 1.54) is 16.8 Å². The monoisotopic (exact) mass is 357 g/mol. The van der Waals surface area contributed by atoms with Gasteiger partial charge in [-0.25, -0.2) is 0 Å². The van der Waals surface area contributed by atoms with Crippen LogP contribution in [0.2, 0.25) is 5.02 Å². The Labute approximate surface area is 154 Å². The third-order valence-corrected chi connectivity index (χ3v) is 4.84. The maximum absolute atomic E-state index is 6.18. The topological polar surface area (TPSA) is 57.8 Å². The first-order valence-corrected chi connectivity index (χ1v) is 8.96. The molecule has 1 aromatic heterocycles. The summed E-state index contributed by atoms with van der Waals surface area (Å²) in [7, 11) is 0. The standard InChI is InChI=1S/C19H24ClN5/c1-15-14-22-8-6-16(15)7-9-23-19(21)25-12-10-24(11-13-25)18-4-2-17(20)3-5-18/h2-6,8,14H,7,9-13H2,1H3,(H2,21,23). The molecule has 0 spiro atoms. The number of guanidine groups is 1. The van der Waals surface area contributed by atoms with Crippen molar-refractivity contribution < 1.29 is 0 Å². The first-order valence-electron chi connectivity index (χ1n) is 8.58. The number of hydrogen-bond acceptors (Lipinski definition) is 3. The molecule has 132 valence electrons. The number of rotatable bonds is 4. The Kier molecular flexibility index (Phi) is 5.76. The van der Waals surface area contributed by atoms with Crippen LogP contribution >= 0.6 is 11.6 Å². The van der Waals surface area contributed by atoms with Gasteiger partial charge in [-0.05, 0) is 54.8 Å². The number of anilines is 1. The summed E-state index contributed by atoms with van der Waals surface area (Å²) in [5.74, 6) is 0.641. The van der Waals surface area contributed by atoms with Crippen molar-refractivity contribution in [3.8, 4) is 0 Å². The lowest BCUT2D eigenvalue weighted by Gasteiger charge is -2.36. The van der Waals surface area contributed by atoms with E-state index >= 15 is 0 Å². The number of nitrogens with two attached hydrogens (primary N) is 1. The normalized spacial score (nSPS) is 15.5. The van der Waals surface area contributed by atoms with Crippen LogP contribution in [0.15, 0.2) is 47.7 Å². The highest BCUT2D eigenvalue weighted by atomic mass is 35.5. The molecule has 0 unspecified atom stereocenters. The second kappa shape index (κ2) is 8.21. The number of piperazine rings is 1. The highest BCUT2D eigenvalue weighted by Gasteiger charge is 2.18. The third-order valence-electron chi connectivity index (χ3n) is 4.59. The Hall–Kier alpha value is -2.27. The van der Waals surface area contributed by atoms with E-state index in [4.69, 9.17) is 17.3 Å². The van der Waals surface area contributed by atoms with Crippen LogP contribution in [-0.2, 0) is 6.42 Å². The molecule has 0 saturated carbocycles. The van der Waals surface area contributed by atoms with Crippen molar-refractivity contribution in [3.05, 3.63) is 58.9 Å². The van der Waals surface area contributed by atoms with E-state index in [0.717, 1.165) is 37.6 Å². The van der Waals surface area contributed by atoms with Gasteiger partial charge in [-0.15, -0.1) is 0 Å². The number of pyridine rings is 1. The first-order chi connectivity index (χ1) is 12.1. The lowest BCUT2D eigenvalue weighted by Crippen LogP contribution is -2.51. The Bertz CT molecular complexity index is 721. The number of hydrogen-bond donors (Lipinski definition) is 1. The second-order valence-electron chi connectivity index (χ2n) is 6.24. The molecule has 0 atom stereocenters. The van der Waals surface area contributed by atoms with Gasteiger partial charge >= 0.3 is 0 Å². The summed E-state index contributed by atoms with van der Waals surface area (Å²) >= 11 is 5.96. The molecule has 25 heavy (non-hydrogen) atoms. The van der Waals surface area contributed by atoms with Gasteiger partial charge in [0.1, 0.15) is 0 Å². The molecule has 6 heteroatoms. The van der Waals surface area contributed by atoms with Gasteiger partial charge < -0.3 is 15.5 Å². The minimum absolute atomic E-state index is 0.641. The van der Waals surface area contributed by atoms with Crippen LogP contribution in [0.3, 0.4) is 0 Å². The second-order valence-corrected chi connectivity index (χ2v) is 6.68. The predicted molar refractivity (Wildman–Crippen MR) is 104 cm³/mol. The van der Waals surface area contributed by atoms with Gasteiger partial charge in [0.05, 0.1) is 0 Å². The van der Waals surface area contributed by atoms with Gasteiger partial charge in [0.25, 0.3) is 0 Å². The molecular weight excluding hydrogens is 334 g/mol. The molecule has 0 radical (unpaired) electrons. The van der Waals surface area contributed by atoms with Gasteiger partial charge in [0.15, 0.2) is 5.96 Å². The van der Waals surface area contributed by atoms with Crippen LogP contribution in [0, 0.1) is 6.92 Å². The van der Waals surface area contributed by atoms with Crippen LogP contribution in [-0.4, -0.2) is 48.6 Å². The van der Waals surface area contributed by atoms with Crippen LogP contribution < -0.4 is 10.6 Å². The van der Waals surface area contributed by atoms with Gasteiger partial charge in [-0.3, -0.25) is 9.98 Å². The van der Waals surface area contributed by atoms with Crippen LogP contribution in [0.1, 0.15) is 11.1 Å². The molecular formula is C19H24ClN5. The summed E-state index contributed by atoms with van der Waals surface area (Å²) in [6.07, 6.45) is 4.60. The molecule has 2 aromatic rings. The average Bonchev–Trinajstić information content (AvgIpc) is 2.64. The van der Waals surface area contributed by atoms with Crippen molar-refractivity contribution in [2.24, 2.45) is 10.7 Å². The summed E-state index contributed by atoms with van der Waals surface area (Å²) < 4.78 is 0. The number of nitrogens with zero attached hydrogens (tertiary/aromatic N) is 4. The van der Waals surface area contributed by atoms with E-state index in [-0.39, 0.29) is 0 Å². The Morgan fingerprint density at radius 1 is 1.16 bits per heavy atom. The zero-order valence-corrected chi connectivity index (χ0v) is 15.3. The zero-order chi connectivity index (χ0) is 17.6. The van der Waals surface area contributed by atoms with Crippen molar-refractivity contribution in [1.29, 1.82) is 0 Å². The van der Waals surface area contributed by atoms with Gasteiger partial charge in [-0.2, -0.15) is 0 Å². The smallest absolute Gasteiger partial charge is 0.191 e. The fraction of sp³-hybridized carbons (Fsp3) is 0.368. The van der Waals surface area contributed by atoms with E-state index in [2.05, 4.69) is 38.8 Å². The van der Waals surface area contributed by atoms with Crippen molar-refractivity contribution in [1.82, 2.24) is 9.88 Å². The molecule has 2 heterocycles. The van der Waals surface area contributed by atoms with E-state index in [0.29, 0.717) is 12.5 Å². The summed E-state index contributed by atoms with van der Waals surface area (Å²) in [4.78, 5) is 13.2. The number of aromatic nitrogens is 1. The molecule has 1 aliphatic heterocycles. The molecule has 1 aromatic carbocycles. The lowest BCUT2D eigenvalue weighted by atomic mass is 10.1. The van der Waals surface area contributed by atoms with Crippen molar-refractivity contribution in [2.45, 2.75) is 13.3 Å². The molecule has 0 aliphatic carbocycles. The highest BCUT2D eigenvalue weighted by Crippen LogP contribution is 2.19. The van der Waals surface area contributed by atoms with Crippen molar-refractivity contribution >= 4 is 23.2 Å². The number of aliphatic imine (C=N–C) groups is 1. The summed E-state index contributed by atoms with van der Waals surface area (Å²) in [5.41, 5.74) is 9.86.